The van der Waals surface area contributed by atoms with Gasteiger partial charge in [0.15, 0.2) is 10.8 Å². The predicted molar refractivity (Wildman–Crippen MR) is 117 cm³/mol. The monoisotopic (exact) mass is 428 g/mol. The van der Waals surface area contributed by atoms with Crippen LogP contribution in [0.2, 0.25) is 0 Å². The zero-order valence-electron chi connectivity index (χ0n) is 15.8. The molecule has 7 nitrogen and oxygen atoms in total. The molecule has 0 fully saturated rings. The standard InChI is InChI=1S/C22H13FN6OS/c23-19-2-1-18(31-19)14-3-4-25-21-15(14)7-17(27-21)20-16-6-12(9-26-22(16)29-28-20)11-5-13(30)10-24-8-11/h1-10,30H,(H,25,27)(H,26,28,29). The SMILES string of the molecule is Oc1cncc(-c2cnc3[nH]nc(-c4cc5c(-c6ccc(F)s6)ccnc5[nH]4)c3c2)c1. The summed E-state index contributed by atoms with van der Waals surface area (Å²) < 4.78 is 13.6. The number of pyridine rings is 3. The summed E-state index contributed by atoms with van der Waals surface area (Å²) >= 11 is 1.10. The quantitative estimate of drug-likeness (QED) is 0.362. The van der Waals surface area contributed by atoms with Crippen molar-refractivity contribution in [2.45, 2.75) is 0 Å². The van der Waals surface area contributed by atoms with Crippen LogP contribution in [0.4, 0.5) is 4.39 Å². The Morgan fingerprint density at radius 3 is 2.65 bits per heavy atom. The van der Waals surface area contributed by atoms with Crippen molar-refractivity contribution in [2.24, 2.45) is 0 Å². The molecule has 0 atom stereocenters. The molecule has 3 N–H and O–H groups in total. The highest BCUT2D eigenvalue weighted by atomic mass is 32.1. The number of fused-ring (bicyclic) bond motifs is 2. The van der Waals surface area contributed by atoms with Gasteiger partial charge in [0.1, 0.15) is 17.1 Å². The highest BCUT2D eigenvalue weighted by Crippen LogP contribution is 2.36. The fraction of sp³-hybridized carbons (Fsp3) is 0. The minimum atomic E-state index is -0.228. The molecular weight excluding hydrogens is 415 g/mol. The fourth-order valence-electron chi connectivity index (χ4n) is 3.68. The van der Waals surface area contributed by atoms with Crippen molar-refractivity contribution in [3.63, 3.8) is 0 Å². The number of hydrogen-bond donors (Lipinski definition) is 3. The van der Waals surface area contributed by atoms with Gasteiger partial charge in [0.25, 0.3) is 0 Å². The molecule has 6 aromatic rings. The van der Waals surface area contributed by atoms with Gasteiger partial charge in [-0.1, -0.05) is 0 Å². The molecule has 6 heterocycles. The van der Waals surface area contributed by atoms with E-state index in [1.54, 1.807) is 30.7 Å². The molecule has 0 saturated heterocycles. The van der Waals surface area contributed by atoms with Crippen LogP contribution in [-0.2, 0) is 0 Å². The van der Waals surface area contributed by atoms with Gasteiger partial charge in [0.2, 0.25) is 0 Å². The number of halogens is 1. The Labute approximate surface area is 178 Å². The van der Waals surface area contributed by atoms with Crippen LogP contribution in [0.3, 0.4) is 0 Å². The zero-order chi connectivity index (χ0) is 20.9. The molecule has 31 heavy (non-hydrogen) atoms. The Morgan fingerprint density at radius 2 is 1.81 bits per heavy atom. The average Bonchev–Trinajstić information content (AvgIpc) is 3.50. The Bertz CT molecular complexity index is 1580. The lowest BCUT2D eigenvalue weighted by atomic mass is 10.1. The first-order valence-electron chi connectivity index (χ1n) is 9.38. The number of nitrogens with zero attached hydrogens (tertiary/aromatic N) is 4. The normalized spacial score (nSPS) is 11.5. The van der Waals surface area contributed by atoms with E-state index in [0.29, 0.717) is 17.0 Å². The summed E-state index contributed by atoms with van der Waals surface area (Å²) in [6, 6.07) is 10.7. The lowest BCUT2D eigenvalue weighted by Gasteiger charge is -2.02. The lowest BCUT2D eigenvalue weighted by Crippen LogP contribution is -1.84. The van der Waals surface area contributed by atoms with Crippen LogP contribution in [0.5, 0.6) is 5.75 Å². The van der Waals surface area contributed by atoms with Gasteiger partial charge in [-0.3, -0.25) is 10.1 Å². The second-order valence-electron chi connectivity index (χ2n) is 7.03. The van der Waals surface area contributed by atoms with E-state index in [9.17, 15) is 9.50 Å². The van der Waals surface area contributed by atoms with E-state index in [2.05, 4.69) is 30.1 Å². The predicted octanol–water partition coefficient (Wildman–Crippen LogP) is 5.14. The molecule has 6 rings (SSSR count). The van der Waals surface area contributed by atoms with Crippen molar-refractivity contribution >= 4 is 33.4 Å². The van der Waals surface area contributed by atoms with Crippen molar-refractivity contribution in [1.29, 1.82) is 0 Å². The highest BCUT2D eigenvalue weighted by molar-refractivity contribution is 7.14. The number of nitrogens with one attached hydrogen (secondary N) is 2. The Balaban J connectivity index is 1.51. The van der Waals surface area contributed by atoms with Crippen LogP contribution < -0.4 is 0 Å². The van der Waals surface area contributed by atoms with Crippen LogP contribution in [-0.4, -0.2) is 35.2 Å². The lowest BCUT2D eigenvalue weighted by molar-refractivity contribution is 0.473. The van der Waals surface area contributed by atoms with Crippen molar-refractivity contribution in [2.75, 3.05) is 0 Å². The van der Waals surface area contributed by atoms with E-state index in [1.807, 2.05) is 18.2 Å². The van der Waals surface area contributed by atoms with Gasteiger partial charge in [0.05, 0.1) is 11.9 Å². The van der Waals surface area contributed by atoms with E-state index < -0.39 is 0 Å². The first-order valence-corrected chi connectivity index (χ1v) is 10.2. The largest absolute Gasteiger partial charge is 0.506 e. The summed E-state index contributed by atoms with van der Waals surface area (Å²) in [5, 5.41) is 18.6. The number of aromatic hydroxyl groups is 1. The molecule has 0 aliphatic heterocycles. The van der Waals surface area contributed by atoms with Gasteiger partial charge in [-0.2, -0.15) is 9.49 Å². The van der Waals surface area contributed by atoms with E-state index in [0.717, 1.165) is 49.4 Å². The topological polar surface area (TPSA) is 103 Å². The third-order valence-corrected chi connectivity index (χ3v) is 6.01. The van der Waals surface area contributed by atoms with Crippen LogP contribution in [0.15, 0.2) is 61.2 Å². The van der Waals surface area contributed by atoms with Gasteiger partial charge < -0.3 is 10.1 Å². The van der Waals surface area contributed by atoms with E-state index >= 15 is 0 Å². The van der Waals surface area contributed by atoms with Crippen molar-refractivity contribution in [3.8, 4) is 38.7 Å². The molecule has 0 amide bonds. The molecule has 0 bridgehead atoms. The average molecular weight is 428 g/mol. The Morgan fingerprint density at radius 1 is 0.903 bits per heavy atom. The van der Waals surface area contributed by atoms with Gasteiger partial charge in [0, 0.05) is 50.9 Å². The second kappa shape index (κ2) is 6.71. The summed E-state index contributed by atoms with van der Waals surface area (Å²) in [4.78, 5) is 17.1. The van der Waals surface area contributed by atoms with Gasteiger partial charge in [-0.05, 0) is 36.4 Å². The van der Waals surface area contributed by atoms with Crippen molar-refractivity contribution in [1.82, 2.24) is 30.1 Å². The van der Waals surface area contributed by atoms with Crippen LogP contribution in [0, 0.1) is 5.13 Å². The molecule has 0 radical (unpaired) electrons. The van der Waals surface area contributed by atoms with Crippen molar-refractivity contribution in [3.05, 3.63) is 66.3 Å². The molecule has 150 valence electrons. The fourth-order valence-corrected chi connectivity index (χ4v) is 4.45. The maximum Gasteiger partial charge on any atom is 0.176 e. The molecule has 0 spiro atoms. The second-order valence-corrected chi connectivity index (χ2v) is 8.07. The van der Waals surface area contributed by atoms with Crippen LogP contribution >= 0.6 is 11.3 Å². The number of aromatic nitrogens is 6. The molecule has 0 aromatic carbocycles. The summed E-state index contributed by atoms with van der Waals surface area (Å²) in [6.45, 7) is 0. The highest BCUT2D eigenvalue weighted by Gasteiger charge is 2.16. The number of hydrogen-bond acceptors (Lipinski definition) is 6. The molecular formula is C22H13FN6OS. The maximum atomic E-state index is 13.6. The minimum absolute atomic E-state index is 0.0873. The number of H-pyrrole nitrogens is 2. The summed E-state index contributed by atoms with van der Waals surface area (Å²) in [6.07, 6.45) is 6.46. The molecule has 0 aliphatic carbocycles. The van der Waals surface area contributed by atoms with Crippen molar-refractivity contribution < 1.29 is 9.50 Å². The van der Waals surface area contributed by atoms with E-state index in [1.165, 1.54) is 12.3 Å². The molecule has 0 saturated carbocycles. The zero-order valence-corrected chi connectivity index (χ0v) is 16.6. The Kier molecular flexibility index (Phi) is 3.84. The number of thiophene rings is 1. The Hall–Kier alpha value is -4.11. The molecule has 0 aliphatic rings. The van der Waals surface area contributed by atoms with Gasteiger partial charge >= 0.3 is 0 Å². The third-order valence-electron chi connectivity index (χ3n) is 5.10. The maximum absolute atomic E-state index is 13.6. The molecule has 6 aromatic heterocycles. The first kappa shape index (κ1) is 17.7. The van der Waals surface area contributed by atoms with E-state index in [4.69, 9.17) is 0 Å². The van der Waals surface area contributed by atoms with E-state index in [-0.39, 0.29) is 10.9 Å². The van der Waals surface area contributed by atoms with Gasteiger partial charge in [-0.25, -0.2) is 9.97 Å². The van der Waals surface area contributed by atoms with Crippen LogP contribution in [0.25, 0.3) is 55.0 Å². The van der Waals surface area contributed by atoms with Gasteiger partial charge in [-0.15, -0.1) is 11.3 Å². The minimum Gasteiger partial charge on any atom is -0.506 e. The smallest absolute Gasteiger partial charge is 0.176 e. The van der Waals surface area contributed by atoms with Crippen LogP contribution in [0.1, 0.15) is 0 Å². The molecule has 9 heteroatoms. The molecule has 0 unspecified atom stereocenters. The number of rotatable bonds is 3. The first-order chi connectivity index (χ1) is 15.2. The summed E-state index contributed by atoms with van der Waals surface area (Å²) in [7, 11) is 0. The summed E-state index contributed by atoms with van der Waals surface area (Å²) in [5.74, 6) is 0.0873. The third kappa shape index (κ3) is 2.94. The summed E-state index contributed by atoms with van der Waals surface area (Å²) in [5.41, 5.74) is 5.26. The number of aromatic amines is 2.